The lowest BCUT2D eigenvalue weighted by molar-refractivity contribution is -0.174. The molecule has 4 saturated carbocycles. The van der Waals surface area contributed by atoms with E-state index in [9.17, 15) is 23.1 Å². The molecule has 4 aliphatic rings. The smallest absolute Gasteiger partial charge is 0.390 e. The van der Waals surface area contributed by atoms with Crippen molar-refractivity contribution in [3.05, 3.63) is 29.8 Å². The molecule has 0 saturated heterocycles. The van der Waals surface area contributed by atoms with Gasteiger partial charge in [0, 0.05) is 5.69 Å². The zero-order chi connectivity index (χ0) is 17.2. The van der Waals surface area contributed by atoms with Crippen molar-refractivity contribution >= 4 is 11.6 Å². The standard InChI is InChI=1S/C18H20F3NO2/c19-18(20,21)13-1-3-14(4-2-13)22-15(23)16-6-11-5-12(7-16)9-17(24,8-11)10-16/h1-4,11-12,24H,5-10H2,(H,22,23)/t11-,12+,16?,17?. The zero-order valence-corrected chi connectivity index (χ0v) is 13.2. The molecule has 0 heterocycles. The molecule has 2 unspecified atom stereocenters. The molecule has 4 bridgehead atoms. The molecule has 0 aliphatic heterocycles. The summed E-state index contributed by atoms with van der Waals surface area (Å²) in [6.45, 7) is 0. The maximum absolute atomic E-state index is 12.8. The first kappa shape index (κ1) is 15.9. The van der Waals surface area contributed by atoms with Crippen LogP contribution >= 0.6 is 0 Å². The largest absolute Gasteiger partial charge is 0.416 e. The van der Waals surface area contributed by atoms with Crippen molar-refractivity contribution in [1.82, 2.24) is 0 Å². The number of amides is 1. The van der Waals surface area contributed by atoms with Gasteiger partial charge in [0.2, 0.25) is 5.91 Å². The van der Waals surface area contributed by atoms with Crippen LogP contribution in [0.25, 0.3) is 0 Å². The number of carbonyl (C=O) groups excluding carboxylic acids is 1. The van der Waals surface area contributed by atoms with Crippen molar-refractivity contribution in [2.24, 2.45) is 17.3 Å². The minimum atomic E-state index is -4.38. The number of aliphatic hydroxyl groups is 1. The first-order valence-electron chi connectivity index (χ1n) is 8.39. The van der Waals surface area contributed by atoms with Crippen LogP contribution in [0.1, 0.15) is 44.1 Å². The van der Waals surface area contributed by atoms with Crippen LogP contribution in [0.5, 0.6) is 0 Å². The van der Waals surface area contributed by atoms with Crippen molar-refractivity contribution in [2.45, 2.75) is 50.3 Å². The molecule has 1 aromatic rings. The minimum Gasteiger partial charge on any atom is -0.390 e. The van der Waals surface area contributed by atoms with Gasteiger partial charge in [0.25, 0.3) is 0 Å². The van der Waals surface area contributed by atoms with Crippen LogP contribution < -0.4 is 5.32 Å². The molecule has 6 heteroatoms. The number of carbonyl (C=O) groups is 1. The average Bonchev–Trinajstić information content (AvgIpc) is 2.44. The fourth-order valence-corrected chi connectivity index (χ4v) is 5.49. The topological polar surface area (TPSA) is 49.3 Å². The Kier molecular flexibility index (Phi) is 3.30. The zero-order valence-electron chi connectivity index (χ0n) is 13.2. The monoisotopic (exact) mass is 339 g/mol. The highest BCUT2D eigenvalue weighted by molar-refractivity contribution is 5.95. The van der Waals surface area contributed by atoms with E-state index in [0.717, 1.165) is 44.2 Å². The van der Waals surface area contributed by atoms with E-state index in [1.807, 2.05) is 0 Å². The van der Waals surface area contributed by atoms with Crippen molar-refractivity contribution < 1.29 is 23.1 Å². The molecule has 4 aliphatic carbocycles. The Hall–Kier alpha value is -1.56. The highest BCUT2D eigenvalue weighted by atomic mass is 19.4. The van der Waals surface area contributed by atoms with Gasteiger partial charge in [0.15, 0.2) is 0 Å². The summed E-state index contributed by atoms with van der Waals surface area (Å²) < 4.78 is 37.8. The van der Waals surface area contributed by atoms with Crippen molar-refractivity contribution in [3.63, 3.8) is 0 Å². The SMILES string of the molecule is O=C(Nc1ccc(C(F)(F)F)cc1)C12C[C@@H]3C[C@@H](CC(O)(C3)C1)C2. The third kappa shape index (κ3) is 2.61. The molecule has 0 spiro atoms. The number of hydrogen-bond donors (Lipinski definition) is 2. The predicted octanol–water partition coefficient (Wildman–Crippen LogP) is 3.98. The van der Waals surface area contributed by atoms with Gasteiger partial charge in [-0.3, -0.25) is 4.79 Å². The van der Waals surface area contributed by atoms with Crippen molar-refractivity contribution in [1.29, 1.82) is 0 Å². The number of anilines is 1. The van der Waals surface area contributed by atoms with Crippen LogP contribution in [0.15, 0.2) is 24.3 Å². The second-order valence-electron chi connectivity index (χ2n) is 7.99. The fourth-order valence-electron chi connectivity index (χ4n) is 5.49. The number of nitrogens with one attached hydrogen (secondary N) is 1. The van der Waals surface area contributed by atoms with Crippen LogP contribution in [0, 0.1) is 17.3 Å². The van der Waals surface area contributed by atoms with E-state index >= 15 is 0 Å². The van der Waals surface area contributed by atoms with E-state index in [1.54, 1.807) is 0 Å². The molecule has 4 fully saturated rings. The van der Waals surface area contributed by atoms with E-state index in [-0.39, 0.29) is 5.91 Å². The molecule has 1 aromatic carbocycles. The van der Waals surface area contributed by atoms with Crippen LogP contribution in [0.3, 0.4) is 0 Å². The van der Waals surface area contributed by atoms with E-state index in [0.29, 0.717) is 23.9 Å². The average molecular weight is 339 g/mol. The Balaban J connectivity index is 1.52. The van der Waals surface area contributed by atoms with Crippen molar-refractivity contribution in [3.8, 4) is 0 Å². The first-order valence-corrected chi connectivity index (χ1v) is 8.39. The van der Waals surface area contributed by atoms with Gasteiger partial charge >= 0.3 is 6.18 Å². The van der Waals surface area contributed by atoms with E-state index in [1.165, 1.54) is 12.1 Å². The van der Waals surface area contributed by atoms with Gasteiger partial charge in [0.05, 0.1) is 16.6 Å². The number of hydrogen-bond acceptors (Lipinski definition) is 2. The van der Waals surface area contributed by atoms with Gasteiger partial charge < -0.3 is 10.4 Å². The lowest BCUT2D eigenvalue weighted by Crippen LogP contribution is -2.59. The van der Waals surface area contributed by atoms with Gasteiger partial charge in [0.1, 0.15) is 0 Å². The fraction of sp³-hybridized carbons (Fsp3) is 0.611. The van der Waals surface area contributed by atoms with Crippen LogP contribution in [0.2, 0.25) is 0 Å². The molecule has 24 heavy (non-hydrogen) atoms. The summed E-state index contributed by atoms with van der Waals surface area (Å²) in [5.74, 6) is 0.610. The Labute approximate surface area is 138 Å². The molecule has 1 amide bonds. The molecule has 0 radical (unpaired) electrons. The highest BCUT2D eigenvalue weighted by Crippen LogP contribution is 2.61. The second-order valence-corrected chi connectivity index (χ2v) is 7.99. The van der Waals surface area contributed by atoms with Crippen molar-refractivity contribution in [2.75, 3.05) is 5.32 Å². The van der Waals surface area contributed by atoms with Gasteiger partial charge in [-0.15, -0.1) is 0 Å². The van der Waals surface area contributed by atoms with E-state index in [2.05, 4.69) is 5.32 Å². The van der Waals surface area contributed by atoms with Gasteiger partial charge in [-0.2, -0.15) is 13.2 Å². The predicted molar refractivity (Wildman–Crippen MR) is 82.1 cm³/mol. The third-order valence-corrected chi connectivity index (χ3v) is 5.98. The Morgan fingerprint density at radius 2 is 1.67 bits per heavy atom. The number of benzene rings is 1. The second kappa shape index (κ2) is 4.97. The molecule has 4 atom stereocenters. The summed E-state index contributed by atoms with van der Waals surface area (Å²) in [7, 11) is 0. The number of halogens is 3. The Morgan fingerprint density at radius 1 is 1.08 bits per heavy atom. The normalized spacial score (nSPS) is 37.5. The molecular formula is C18H20F3NO2. The van der Waals surface area contributed by atoms with Crippen LogP contribution in [0.4, 0.5) is 18.9 Å². The number of rotatable bonds is 2. The summed E-state index contributed by atoms with van der Waals surface area (Å²) in [6, 6.07) is 4.53. The molecule has 5 rings (SSSR count). The van der Waals surface area contributed by atoms with Gasteiger partial charge in [-0.05, 0) is 74.6 Å². The lowest BCUT2D eigenvalue weighted by Gasteiger charge is -2.59. The molecule has 130 valence electrons. The lowest BCUT2D eigenvalue weighted by atomic mass is 9.47. The summed E-state index contributed by atoms with van der Waals surface area (Å²) in [5.41, 5.74) is -1.66. The summed E-state index contributed by atoms with van der Waals surface area (Å²) in [5, 5.41) is 13.5. The third-order valence-electron chi connectivity index (χ3n) is 5.98. The molecular weight excluding hydrogens is 319 g/mol. The highest BCUT2D eigenvalue weighted by Gasteiger charge is 2.60. The summed E-state index contributed by atoms with van der Waals surface area (Å²) in [4.78, 5) is 12.8. The van der Waals surface area contributed by atoms with E-state index < -0.39 is 22.8 Å². The Bertz CT molecular complexity index is 654. The Morgan fingerprint density at radius 3 is 2.17 bits per heavy atom. The summed E-state index contributed by atoms with van der Waals surface area (Å²) in [6.07, 6.45) is 0.275. The minimum absolute atomic E-state index is 0.158. The quantitative estimate of drug-likeness (QED) is 0.856. The summed E-state index contributed by atoms with van der Waals surface area (Å²) >= 11 is 0. The molecule has 2 N–H and O–H groups in total. The molecule has 3 nitrogen and oxygen atoms in total. The first-order chi connectivity index (χ1) is 11.2. The van der Waals surface area contributed by atoms with Gasteiger partial charge in [-0.1, -0.05) is 0 Å². The maximum Gasteiger partial charge on any atom is 0.416 e. The van der Waals surface area contributed by atoms with Crippen LogP contribution in [-0.2, 0) is 11.0 Å². The van der Waals surface area contributed by atoms with Crippen LogP contribution in [-0.4, -0.2) is 16.6 Å². The van der Waals surface area contributed by atoms with Gasteiger partial charge in [-0.25, -0.2) is 0 Å². The molecule has 0 aromatic heterocycles. The van der Waals surface area contributed by atoms with E-state index in [4.69, 9.17) is 0 Å². The maximum atomic E-state index is 12.8. The number of alkyl halides is 3.